The highest BCUT2D eigenvalue weighted by atomic mass is 16.5. The number of nitrogens with one attached hydrogen (secondary N) is 1. The molecule has 2 nitrogen and oxygen atoms in total. The van der Waals surface area contributed by atoms with Crippen LogP contribution in [0.5, 0.6) is 0 Å². The monoisotopic (exact) mass is 255 g/mol. The minimum Gasteiger partial charge on any atom is -0.375 e. The molecule has 0 aromatic carbocycles. The fourth-order valence-corrected chi connectivity index (χ4v) is 3.14. The van der Waals surface area contributed by atoms with Crippen molar-refractivity contribution in [1.82, 2.24) is 5.32 Å². The summed E-state index contributed by atoms with van der Waals surface area (Å²) in [7, 11) is 0. The third-order valence-corrected chi connectivity index (χ3v) is 4.58. The van der Waals surface area contributed by atoms with Gasteiger partial charge in [0, 0.05) is 11.5 Å². The van der Waals surface area contributed by atoms with Crippen molar-refractivity contribution in [2.45, 2.75) is 85.5 Å². The standard InChI is InChI=1S/C16H33NO/c1-7-9-17-14-11-15(16(14,6)8-2)18-13(5)10-12(3)4/h12-15,17H,7-11H2,1-6H3. The number of rotatable bonds is 8. The molecule has 1 N–H and O–H groups in total. The quantitative estimate of drug-likeness (QED) is 0.708. The van der Waals surface area contributed by atoms with Crippen LogP contribution in [0.15, 0.2) is 0 Å². The second kappa shape index (κ2) is 6.91. The zero-order chi connectivity index (χ0) is 13.8. The van der Waals surface area contributed by atoms with Crippen molar-refractivity contribution >= 4 is 0 Å². The molecule has 0 aliphatic heterocycles. The lowest BCUT2D eigenvalue weighted by Gasteiger charge is -2.54. The van der Waals surface area contributed by atoms with Crippen molar-refractivity contribution in [3.8, 4) is 0 Å². The predicted octanol–water partition coefficient (Wildman–Crippen LogP) is 3.99. The van der Waals surface area contributed by atoms with Gasteiger partial charge in [0.05, 0.1) is 12.2 Å². The van der Waals surface area contributed by atoms with Crippen molar-refractivity contribution < 1.29 is 4.74 Å². The van der Waals surface area contributed by atoms with Crippen LogP contribution in [0.25, 0.3) is 0 Å². The molecular formula is C16H33NO. The van der Waals surface area contributed by atoms with Gasteiger partial charge in [-0.25, -0.2) is 0 Å². The van der Waals surface area contributed by atoms with Crippen LogP contribution in [-0.4, -0.2) is 24.8 Å². The molecule has 0 saturated heterocycles. The van der Waals surface area contributed by atoms with Crippen LogP contribution in [0.3, 0.4) is 0 Å². The summed E-state index contributed by atoms with van der Waals surface area (Å²) in [6.07, 6.45) is 5.62. The molecule has 4 unspecified atom stereocenters. The lowest BCUT2D eigenvalue weighted by molar-refractivity contribution is -0.155. The minimum absolute atomic E-state index is 0.334. The highest BCUT2D eigenvalue weighted by Gasteiger charge is 2.51. The van der Waals surface area contributed by atoms with Crippen LogP contribution in [0.2, 0.25) is 0 Å². The Hall–Kier alpha value is -0.0800. The normalized spacial score (nSPS) is 33.5. The first kappa shape index (κ1) is 16.0. The SMILES string of the molecule is CCCNC1CC(OC(C)CC(C)C)C1(C)CC. The van der Waals surface area contributed by atoms with Crippen LogP contribution in [0, 0.1) is 11.3 Å². The molecule has 2 heteroatoms. The number of ether oxygens (including phenoxy) is 1. The Balaban J connectivity index is 2.44. The second-order valence-corrected chi connectivity index (χ2v) is 6.67. The van der Waals surface area contributed by atoms with E-state index >= 15 is 0 Å². The van der Waals surface area contributed by atoms with E-state index in [-0.39, 0.29) is 0 Å². The van der Waals surface area contributed by atoms with Crippen molar-refractivity contribution in [3.05, 3.63) is 0 Å². The van der Waals surface area contributed by atoms with Gasteiger partial charge in [0.25, 0.3) is 0 Å². The molecule has 1 rings (SSSR count). The smallest absolute Gasteiger partial charge is 0.0662 e. The van der Waals surface area contributed by atoms with Crippen LogP contribution in [0.4, 0.5) is 0 Å². The van der Waals surface area contributed by atoms with Gasteiger partial charge in [-0.1, -0.05) is 34.6 Å². The van der Waals surface area contributed by atoms with E-state index in [0.717, 1.165) is 12.5 Å². The largest absolute Gasteiger partial charge is 0.375 e. The zero-order valence-electron chi connectivity index (χ0n) is 13.3. The molecule has 108 valence electrons. The summed E-state index contributed by atoms with van der Waals surface area (Å²) < 4.78 is 6.27. The first-order valence-electron chi connectivity index (χ1n) is 7.82. The maximum Gasteiger partial charge on any atom is 0.0662 e. The second-order valence-electron chi connectivity index (χ2n) is 6.67. The van der Waals surface area contributed by atoms with E-state index in [1.165, 1.54) is 25.7 Å². The van der Waals surface area contributed by atoms with Gasteiger partial charge in [-0.2, -0.15) is 0 Å². The summed E-state index contributed by atoms with van der Waals surface area (Å²) in [6.45, 7) is 14.8. The Morgan fingerprint density at radius 3 is 2.44 bits per heavy atom. The Labute approximate surface area is 114 Å². The summed E-state index contributed by atoms with van der Waals surface area (Å²) in [5.74, 6) is 0.724. The molecule has 0 radical (unpaired) electrons. The lowest BCUT2D eigenvalue weighted by Crippen LogP contribution is -2.62. The Morgan fingerprint density at radius 2 is 1.94 bits per heavy atom. The van der Waals surface area contributed by atoms with Crippen molar-refractivity contribution in [2.75, 3.05) is 6.54 Å². The number of hydrogen-bond donors (Lipinski definition) is 1. The molecule has 0 bridgehead atoms. The van der Waals surface area contributed by atoms with E-state index in [9.17, 15) is 0 Å². The summed E-state index contributed by atoms with van der Waals surface area (Å²) in [5, 5.41) is 3.67. The molecule has 0 aromatic rings. The predicted molar refractivity (Wildman–Crippen MR) is 78.9 cm³/mol. The van der Waals surface area contributed by atoms with Gasteiger partial charge >= 0.3 is 0 Å². The third-order valence-electron chi connectivity index (χ3n) is 4.58. The molecule has 1 aliphatic rings. The van der Waals surface area contributed by atoms with Gasteiger partial charge in [0.1, 0.15) is 0 Å². The zero-order valence-corrected chi connectivity index (χ0v) is 13.3. The van der Waals surface area contributed by atoms with Gasteiger partial charge in [0.15, 0.2) is 0 Å². The molecule has 18 heavy (non-hydrogen) atoms. The molecular weight excluding hydrogens is 222 g/mol. The highest BCUT2D eigenvalue weighted by Crippen LogP contribution is 2.46. The fraction of sp³-hybridized carbons (Fsp3) is 1.00. The maximum absolute atomic E-state index is 6.27. The molecule has 1 saturated carbocycles. The Bertz CT molecular complexity index is 241. The molecule has 1 fully saturated rings. The molecule has 0 amide bonds. The van der Waals surface area contributed by atoms with Crippen LogP contribution in [-0.2, 0) is 4.74 Å². The minimum atomic E-state index is 0.334. The van der Waals surface area contributed by atoms with E-state index in [4.69, 9.17) is 4.74 Å². The van der Waals surface area contributed by atoms with E-state index in [1.54, 1.807) is 0 Å². The van der Waals surface area contributed by atoms with Crippen LogP contribution >= 0.6 is 0 Å². The van der Waals surface area contributed by atoms with E-state index in [1.807, 2.05) is 0 Å². The van der Waals surface area contributed by atoms with Gasteiger partial charge < -0.3 is 10.1 Å². The average Bonchev–Trinajstić information content (AvgIpc) is 2.30. The lowest BCUT2D eigenvalue weighted by atomic mass is 9.61. The Kier molecular flexibility index (Phi) is 6.13. The number of hydrogen-bond acceptors (Lipinski definition) is 2. The van der Waals surface area contributed by atoms with Crippen LogP contribution < -0.4 is 5.32 Å². The van der Waals surface area contributed by atoms with Crippen molar-refractivity contribution in [1.29, 1.82) is 0 Å². The van der Waals surface area contributed by atoms with Crippen LogP contribution in [0.1, 0.15) is 67.2 Å². The van der Waals surface area contributed by atoms with E-state index < -0.39 is 0 Å². The Morgan fingerprint density at radius 1 is 1.28 bits per heavy atom. The summed E-state index contributed by atoms with van der Waals surface area (Å²) in [5.41, 5.74) is 0.334. The summed E-state index contributed by atoms with van der Waals surface area (Å²) in [4.78, 5) is 0. The van der Waals surface area contributed by atoms with Crippen molar-refractivity contribution in [3.63, 3.8) is 0 Å². The topological polar surface area (TPSA) is 21.3 Å². The first-order valence-corrected chi connectivity index (χ1v) is 7.82. The van der Waals surface area contributed by atoms with Gasteiger partial charge in [-0.05, 0) is 45.1 Å². The van der Waals surface area contributed by atoms with Gasteiger partial charge in [-0.3, -0.25) is 0 Å². The molecule has 4 atom stereocenters. The molecule has 0 heterocycles. The van der Waals surface area contributed by atoms with Gasteiger partial charge in [-0.15, -0.1) is 0 Å². The summed E-state index contributed by atoms with van der Waals surface area (Å²) >= 11 is 0. The summed E-state index contributed by atoms with van der Waals surface area (Å²) in [6, 6.07) is 0.652. The molecule has 0 spiro atoms. The fourth-order valence-electron chi connectivity index (χ4n) is 3.14. The average molecular weight is 255 g/mol. The van der Waals surface area contributed by atoms with Crippen molar-refractivity contribution in [2.24, 2.45) is 11.3 Å². The van der Waals surface area contributed by atoms with E-state index in [2.05, 4.69) is 46.9 Å². The third kappa shape index (κ3) is 3.71. The first-order chi connectivity index (χ1) is 8.43. The molecule has 1 aliphatic carbocycles. The van der Waals surface area contributed by atoms with Gasteiger partial charge in [0.2, 0.25) is 0 Å². The highest BCUT2D eigenvalue weighted by molar-refractivity contribution is 5.04. The maximum atomic E-state index is 6.27. The molecule has 0 aromatic heterocycles. The van der Waals surface area contributed by atoms with E-state index in [0.29, 0.717) is 23.7 Å².